The van der Waals surface area contributed by atoms with Gasteiger partial charge in [0.1, 0.15) is 6.61 Å². The first-order chi connectivity index (χ1) is 13.0. The zero-order valence-electron chi connectivity index (χ0n) is 20.9. The quantitative estimate of drug-likeness (QED) is 0.321. The average Bonchev–Trinajstić information content (AvgIpc) is 2.79. The monoisotopic (exact) mass is 467 g/mol. The van der Waals surface area contributed by atoms with Gasteiger partial charge in [0.25, 0.3) is 0 Å². The standard InChI is InChI=1S/C22H45NO2Si4/c1-22(2)18-25-21(24)23(22)20(19-15-13-12-14-16-19)17-29(26(3,4)5,27(6,7)8)28(9,10)11/h13,15,17,19H,12,14,16,18H2,1-11H3/b20-17-. The highest BCUT2D eigenvalue weighted by Gasteiger charge is 2.61. The fourth-order valence-electron chi connectivity index (χ4n) is 6.71. The summed E-state index contributed by atoms with van der Waals surface area (Å²) in [5.74, 6) is 0.351. The molecule has 0 N–H and O–H groups in total. The summed E-state index contributed by atoms with van der Waals surface area (Å²) in [6.45, 7) is 26.7. The highest BCUT2D eigenvalue weighted by Crippen LogP contribution is 2.43. The molecule has 2 aliphatic rings. The van der Waals surface area contributed by atoms with Gasteiger partial charge in [-0.3, -0.25) is 4.90 Å². The van der Waals surface area contributed by atoms with Crippen LogP contribution in [0.15, 0.2) is 23.5 Å². The van der Waals surface area contributed by atoms with Gasteiger partial charge in [-0.1, -0.05) is 76.8 Å². The Labute approximate surface area is 183 Å². The van der Waals surface area contributed by atoms with Crippen molar-refractivity contribution in [2.75, 3.05) is 6.61 Å². The van der Waals surface area contributed by atoms with Gasteiger partial charge in [0, 0.05) is 34.4 Å². The van der Waals surface area contributed by atoms with Gasteiger partial charge in [-0.25, -0.2) is 4.79 Å². The number of rotatable bonds is 6. The largest absolute Gasteiger partial charge is 0.447 e. The highest BCUT2D eigenvalue weighted by molar-refractivity contribution is 7.90. The molecule has 0 bridgehead atoms. The molecule has 0 spiro atoms. The Hall–Kier alpha value is -0.382. The van der Waals surface area contributed by atoms with Crippen LogP contribution < -0.4 is 0 Å². The molecule has 1 unspecified atom stereocenters. The Morgan fingerprint density at radius 1 is 1.03 bits per heavy atom. The molecule has 1 heterocycles. The molecule has 1 aliphatic carbocycles. The van der Waals surface area contributed by atoms with E-state index < -0.39 is 29.4 Å². The van der Waals surface area contributed by atoms with E-state index in [2.05, 4.69) is 95.5 Å². The van der Waals surface area contributed by atoms with Crippen molar-refractivity contribution < 1.29 is 9.53 Å². The van der Waals surface area contributed by atoms with Crippen molar-refractivity contribution in [2.24, 2.45) is 5.92 Å². The van der Waals surface area contributed by atoms with E-state index in [1.165, 1.54) is 12.1 Å². The molecule has 0 aromatic carbocycles. The molecule has 3 nitrogen and oxygen atoms in total. The maximum atomic E-state index is 13.0. The smallest absolute Gasteiger partial charge is 0.414 e. The highest BCUT2D eigenvalue weighted by atomic mass is 29.9. The Kier molecular flexibility index (Phi) is 6.82. The van der Waals surface area contributed by atoms with Crippen LogP contribution in [0.3, 0.4) is 0 Å². The molecule has 29 heavy (non-hydrogen) atoms. The maximum Gasteiger partial charge on any atom is 0.414 e. The first-order valence-corrected chi connectivity index (χ1v) is 26.9. The molecule has 1 amide bonds. The summed E-state index contributed by atoms with van der Waals surface area (Å²) in [6, 6.07) is 0. The number of ether oxygens (including phenoxy) is 1. The van der Waals surface area contributed by atoms with Gasteiger partial charge < -0.3 is 4.74 Å². The average molecular weight is 468 g/mol. The van der Waals surface area contributed by atoms with E-state index in [4.69, 9.17) is 4.74 Å². The van der Waals surface area contributed by atoms with Crippen LogP contribution in [0, 0.1) is 5.92 Å². The van der Waals surface area contributed by atoms with Crippen molar-refractivity contribution in [2.45, 2.75) is 97.6 Å². The van der Waals surface area contributed by atoms with Gasteiger partial charge in [-0.2, -0.15) is 0 Å². The summed E-state index contributed by atoms with van der Waals surface area (Å²) < 4.78 is 5.60. The van der Waals surface area contributed by atoms with Crippen LogP contribution in [0.5, 0.6) is 0 Å². The Bertz CT molecular complexity index is 657. The molecular formula is C22H45NO2Si4. The first-order valence-electron chi connectivity index (χ1n) is 11.3. The number of hydrogen-bond donors (Lipinski definition) is 0. The lowest BCUT2D eigenvalue weighted by Crippen LogP contribution is -2.82. The molecule has 0 aromatic rings. The number of carbonyl (C=O) groups excluding carboxylic acids is 1. The van der Waals surface area contributed by atoms with E-state index >= 15 is 0 Å². The van der Waals surface area contributed by atoms with E-state index in [0.29, 0.717) is 12.5 Å². The maximum absolute atomic E-state index is 13.0. The number of carbonyl (C=O) groups is 1. The van der Waals surface area contributed by atoms with Crippen LogP contribution in [0.25, 0.3) is 0 Å². The number of nitrogens with zero attached hydrogens (tertiary/aromatic N) is 1. The molecular weight excluding hydrogens is 423 g/mol. The summed E-state index contributed by atoms with van der Waals surface area (Å²) in [4.78, 5) is 15.1. The number of amides is 1. The lowest BCUT2D eigenvalue weighted by atomic mass is 9.91. The van der Waals surface area contributed by atoms with E-state index in [-0.39, 0.29) is 11.6 Å². The van der Waals surface area contributed by atoms with Gasteiger partial charge in [0.15, 0.2) is 0 Å². The van der Waals surface area contributed by atoms with Crippen LogP contribution in [-0.2, 0) is 4.74 Å². The van der Waals surface area contributed by atoms with Crippen LogP contribution >= 0.6 is 0 Å². The molecule has 1 atom stereocenters. The second kappa shape index (κ2) is 7.95. The Morgan fingerprint density at radius 3 is 1.90 bits per heavy atom. The molecule has 1 fully saturated rings. The predicted octanol–water partition coefficient (Wildman–Crippen LogP) is 6.70. The third-order valence-electron chi connectivity index (χ3n) is 7.14. The minimum atomic E-state index is -1.74. The minimum absolute atomic E-state index is 0.134. The van der Waals surface area contributed by atoms with Crippen LogP contribution in [0.4, 0.5) is 4.79 Å². The number of hydrogen-bond acceptors (Lipinski definition) is 2. The van der Waals surface area contributed by atoms with Crippen molar-refractivity contribution in [3.8, 4) is 0 Å². The minimum Gasteiger partial charge on any atom is -0.447 e. The lowest BCUT2D eigenvalue weighted by Gasteiger charge is -2.56. The lowest BCUT2D eigenvalue weighted by molar-refractivity contribution is 0.161. The van der Waals surface area contributed by atoms with Crippen LogP contribution in [0.2, 0.25) is 58.9 Å². The van der Waals surface area contributed by atoms with Gasteiger partial charge in [0.05, 0.1) is 12.2 Å². The van der Waals surface area contributed by atoms with Crippen molar-refractivity contribution in [1.82, 2.24) is 4.90 Å². The topological polar surface area (TPSA) is 29.5 Å². The number of cyclic esters (lactones) is 1. The normalized spacial score (nSPS) is 24.1. The number of allylic oxidation sites excluding steroid dienone is 2. The Balaban J connectivity index is 2.86. The van der Waals surface area contributed by atoms with Gasteiger partial charge in [-0.15, -0.1) is 0 Å². The summed E-state index contributed by atoms with van der Waals surface area (Å²) in [7, 11) is -4.41. The van der Waals surface area contributed by atoms with Crippen molar-refractivity contribution in [3.05, 3.63) is 23.5 Å². The summed E-state index contributed by atoms with van der Waals surface area (Å²) in [6.07, 6.45) is 8.10. The van der Waals surface area contributed by atoms with Gasteiger partial charge in [-0.05, 0) is 33.1 Å². The second-order valence-electron chi connectivity index (χ2n) is 12.8. The molecule has 7 heteroatoms. The Morgan fingerprint density at radius 2 is 1.55 bits per heavy atom. The molecule has 1 aliphatic heterocycles. The van der Waals surface area contributed by atoms with Crippen LogP contribution in [-0.4, -0.2) is 52.5 Å². The molecule has 0 aromatic heterocycles. The predicted molar refractivity (Wildman–Crippen MR) is 138 cm³/mol. The fourth-order valence-corrected chi connectivity index (χ4v) is 102. The van der Waals surface area contributed by atoms with E-state index in [0.717, 1.165) is 12.8 Å². The van der Waals surface area contributed by atoms with Crippen molar-refractivity contribution in [1.29, 1.82) is 0 Å². The van der Waals surface area contributed by atoms with Crippen molar-refractivity contribution >= 4 is 35.5 Å². The molecule has 166 valence electrons. The summed E-state index contributed by atoms with van der Waals surface area (Å²) in [5.41, 5.74) is 3.84. The fraction of sp³-hybridized carbons (Fsp3) is 0.773. The SMILES string of the molecule is CC1(C)COC(=O)N1/C(=C\[Si]([Si](C)(C)C)([Si](C)(C)C)[Si](C)(C)C)C1C=CCCC1. The van der Waals surface area contributed by atoms with Gasteiger partial charge >= 0.3 is 6.09 Å². The molecule has 0 radical (unpaired) electrons. The summed E-state index contributed by atoms with van der Waals surface area (Å²) in [5, 5.41) is 0. The van der Waals surface area contributed by atoms with Gasteiger partial charge in [0.2, 0.25) is 0 Å². The third kappa shape index (κ3) is 4.48. The van der Waals surface area contributed by atoms with Crippen LogP contribution in [0.1, 0.15) is 33.1 Å². The van der Waals surface area contributed by atoms with E-state index in [1.54, 1.807) is 0 Å². The van der Waals surface area contributed by atoms with Crippen molar-refractivity contribution in [3.63, 3.8) is 0 Å². The molecule has 2 rings (SSSR count). The zero-order valence-corrected chi connectivity index (χ0v) is 24.9. The van der Waals surface area contributed by atoms with E-state index in [1.807, 2.05) is 0 Å². The molecule has 0 saturated carbocycles. The second-order valence-corrected chi connectivity index (χ2v) is 53.3. The van der Waals surface area contributed by atoms with E-state index in [9.17, 15) is 4.79 Å². The third-order valence-corrected chi connectivity index (χ3v) is 78.1. The zero-order chi connectivity index (χ0) is 22.5. The summed E-state index contributed by atoms with van der Waals surface area (Å²) >= 11 is 0. The first kappa shape index (κ1) is 24.9. The molecule has 1 saturated heterocycles.